The van der Waals surface area contributed by atoms with Crippen molar-refractivity contribution < 1.29 is 9.53 Å². The lowest BCUT2D eigenvalue weighted by Crippen LogP contribution is -2.13. The number of para-hydroxylation sites is 1. The van der Waals surface area contributed by atoms with Crippen molar-refractivity contribution in [2.24, 2.45) is 5.92 Å². The molecule has 0 aliphatic carbocycles. The molecule has 0 fully saturated rings. The molecule has 0 spiro atoms. The highest BCUT2D eigenvalue weighted by atomic mass is 16.5. The second-order valence-electron chi connectivity index (χ2n) is 4.19. The minimum absolute atomic E-state index is 0.160. The molecule has 0 bridgehead atoms. The number of aryl methyl sites for hydroxylation is 1. The van der Waals surface area contributed by atoms with Crippen LogP contribution >= 0.6 is 0 Å². The van der Waals surface area contributed by atoms with Crippen molar-refractivity contribution in [3.05, 3.63) is 29.8 Å². The van der Waals surface area contributed by atoms with Crippen LogP contribution < -0.4 is 4.74 Å². The van der Waals surface area contributed by atoms with Crippen LogP contribution in [0.3, 0.4) is 0 Å². The average molecular weight is 206 g/mol. The Morgan fingerprint density at radius 1 is 1.33 bits per heavy atom. The monoisotopic (exact) mass is 206 g/mol. The molecule has 0 amide bonds. The zero-order chi connectivity index (χ0) is 11.3. The minimum atomic E-state index is 0.160. The number of Topliss-reactive ketones (excluding diaryl/α,β-unsaturated/α-hetero) is 1. The third-order valence-corrected chi connectivity index (χ3v) is 2.12. The number of carbonyl (C=O) groups is 1. The molecule has 0 heterocycles. The predicted octanol–water partition coefficient (Wildman–Crippen LogP) is 2.99. The van der Waals surface area contributed by atoms with Crippen molar-refractivity contribution in [1.29, 1.82) is 0 Å². The maximum atomic E-state index is 11.4. The highest BCUT2D eigenvalue weighted by Crippen LogP contribution is 2.16. The van der Waals surface area contributed by atoms with E-state index in [4.69, 9.17) is 4.74 Å². The fourth-order valence-electron chi connectivity index (χ4n) is 1.39. The molecule has 0 atom stereocenters. The quantitative estimate of drug-likeness (QED) is 0.740. The van der Waals surface area contributed by atoms with Crippen LogP contribution in [0.15, 0.2) is 24.3 Å². The Morgan fingerprint density at radius 3 is 2.60 bits per heavy atom. The van der Waals surface area contributed by atoms with Crippen LogP contribution in [0.5, 0.6) is 5.75 Å². The summed E-state index contributed by atoms with van der Waals surface area (Å²) in [5.74, 6) is 1.36. The van der Waals surface area contributed by atoms with E-state index in [0.29, 0.717) is 12.3 Å². The van der Waals surface area contributed by atoms with E-state index >= 15 is 0 Å². The molecule has 0 saturated heterocycles. The molecule has 0 radical (unpaired) electrons. The summed E-state index contributed by atoms with van der Waals surface area (Å²) in [6.07, 6.45) is 0.589. The molecule has 0 aromatic heterocycles. The zero-order valence-electron chi connectivity index (χ0n) is 9.62. The van der Waals surface area contributed by atoms with Gasteiger partial charge in [0, 0.05) is 6.42 Å². The molecular weight excluding hydrogens is 188 g/mol. The Kier molecular flexibility index (Phi) is 4.35. The standard InChI is InChI=1S/C13H18O2/c1-10(2)8-12(14)9-15-13-7-5-4-6-11(13)3/h4-7,10H,8-9H2,1-3H3. The molecule has 0 aliphatic heterocycles. The Morgan fingerprint density at radius 2 is 2.00 bits per heavy atom. The highest BCUT2D eigenvalue weighted by molar-refractivity contribution is 5.80. The second kappa shape index (κ2) is 5.54. The Bertz CT molecular complexity index is 329. The number of hydrogen-bond acceptors (Lipinski definition) is 2. The molecule has 0 N–H and O–H groups in total. The minimum Gasteiger partial charge on any atom is -0.486 e. The van der Waals surface area contributed by atoms with Gasteiger partial charge in [-0.1, -0.05) is 32.0 Å². The molecule has 82 valence electrons. The number of ketones is 1. The Labute approximate surface area is 91.3 Å². The van der Waals surface area contributed by atoms with Crippen LogP contribution in [-0.2, 0) is 4.79 Å². The third-order valence-electron chi connectivity index (χ3n) is 2.12. The first kappa shape index (κ1) is 11.8. The van der Waals surface area contributed by atoms with E-state index in [1.54, 1.807) is 0 Å². The first-order chi connectivity index (χ1) is 7.09. The van der Waals surface area contributed by atoms with Gasteiger partial charge in [0.25, 0.3) is 0 Å². The van der Waals surface area contributed by atoms with Gasteiger partial charge in [0.1, 0.15) is 12.4 Å². The molecule has 0 aliphatic rings. The van der Waals surface area contributed by atoms with Crippen molar-refractivity contribution in [3.63, 3.8) is 0 Å². The summed E-state index contributed by atoms with van der Waals surface area (Å²) in [6.45, 7) is 6.22. The van der Waals surface area contributed by atoms with Gasteiger partial charge < -0.3 is 4.74 Å². The molecule has 15 heavy (non-hydrogen) atoms. The van der Waals surface area contributed by atoms with Crippen LogP contribution in [0.25, 0.3) is 0 Å². The van der Waals surface area contributed by atoms with Gasteiger partial charge in [0.15, 0.2) is 5.78 Å². The fraction of sp³-hybridized carbons (Fsp3) is 0.462. The van der Waals surface area contributed by atoms with Crippen molar-refractivity contribution >= 4 is 5.78 Å². The number of hydrogen-bond donors (Lipinski definition) is 0. The second-order valence-corrected chi connectivity index (χ2v) is 4.19. The Balaban J connectivity index is 2.44. The first-order valence-electron chi connectivity index (χ1n) is 5.29. The van der Waals surface area contributed by atoms with E-state index in [1.165, 1.54) is 0 Å². The number of carbonyl (C=O) groups excluding carboxylic acids is 1. The van der Waals surface area contributed by atoms with Crippen LogP contribution in [0.1, 0.15) is 25.8 Å². The number of ether oxygens (including phenoxy) is 1. The van der Waals surface area contributed by atoms with Crippen LogP contribution in [0.2, 0.25) is 0 Å². The van der Waals surface area contributed by atoms with E-state index in [0.717, 1.165) is 11.3 Å². The number of rotatable bonds is 5. The largest absolute Gasteiger partial charge is 0.486 e. The third kappa shape index (κ3) is 4.15. The van der Waals surface area contributed by atoms with Crippen LogP contribution in [0.4, 0.5) is 0 Å². The van der Waals surface area contributed by atoms with Crippen LogP contribution in [-0.4, -0.2) is 12.4 Å². The Hall–Kier alpha value is -1.31. The lowest BCUT2D eigenvalue weighted by molar-refractivity contribution is -0.121. The molecule has 2 heteroatoms. The average Bonchev–Trinajstić information content (AvgIpc) is 2.15. The maximum Gasteiger partial charge on any atom is 0.170 e. The molecule has 2 nitrogen and oxygen atoms in total. The molecule has 0 unspecified atom stereocenters. The summed E-state index contributed by atoms with van der Waals surface area (Å²) in [7, 11) is 0. The van der Waals surface area contributed by atoms with Gasteiger partial charge in [0.05, 0.1) is 0 Å². The van der Waals surface area contributed by atoms with Gasteiger partial charge in [0.2, 0.25) is 0 Å². The van der Waals surface area contributed by atoms with Gasteiger partial charge in [-0.2, -0.15) is 0 Å². The SMILES string of the molecule is Cc1ccccc1OCC(=O)CC(C)C. The van der Waals surface area contributed by atoms with Crippen molar-refractivity contribution in [2.45, 2.75) is 27.2 Å². The topological polar surface area (TPSA) is 26.3 Å². The summed E-state index contributed by atoms with van der Waals surface area (Å²) in [4.78, 5) is 11.4. The summed E-state index contributed by atoms with van der Waals surface area (Å²) in [6, 6.07) is 7.73. The lowest BCUT2D eigenvalue weighted by Gasteiger charge is -2.08. The zero-order valence-corrected chi connectivity index (χ0v) is 9.62. The van der Waals surface area contributed by atoms with Gasteiger partial charge in [-0.05, 0) is 24.5 Å². The van der Waals surface area contributed by atoms with Crippen molar-refractivity contribution in [1.82, 2.24) is 0 Å². The van der Waals surface area contributed by atoms with Crippen LogP contribution in [0, 0.1) is 12.8 Å². The maximum absolute atomic E-state index is 11.4. The molecular formula is C13H18O2. The normalized spacial score (nSPS) is 10.4. The summed E-state index contributed by atoms with van der Waals surface area (Å²) >= 11 is 0. The predicted molar refractivity (Wildman–Crippen MR) is 61.1 cm³/mol. The molecule has 1 aromatic carbocycles. The van der Waals surface area contributed by atoms with Gasteiger partial charge >= 0.3 is 0 Å². The first-order valence-corrected chi connectivity index (χ1v) is 5.29. The van der Waals surface area contributed by atoms with E-state index < -0.39 is 0 Å². The lowest BCUT2D eigenvalue weighted by atomic mass is 10.1. The van der Waals surface area contributed by atoms with Crippen molar-refractivity contribution in [2.75, 3.05) is 6.61 Å². The van der Waals surface area contributed by atoms with E-state index in [9.17, 15) is 4.79 Å². The van der Waals surface area contributed by atoms with Gasteiger partial charge in [-0.3, -0.25) is 4.79 Å². The van der Waals surface area contributed by atoms with E-state index in [-0.39, 0.29) is 12.4 Å². The van der Waals surface area contributed by atoms with Gasteiger partial charge in [-0.25, -0.2) is 0 Å². The van der Waals surface area contributed by atoms with Gasteiger partial charge in [-0.15, -0.1) is 0 Å². The fourth-order valence-corrected chi connectivity index (χ4v) is 1.39. The van der Waals surface area contributed by atoms with E-state index in [2.05, 4.69) is 0 Å². The summed E-state index contributed by atoms with van der Waals surface area (Å²) in [5, 5.41) is 0. The van der Waals surface area contributed by atoms with E-state index in [1.807, 2.05) is 45.0 Å². The molecule has 1 rings (SSSR count). The highest BCUT2D eigenvalue weighted by Gasteiger charge is 2.06. The number of benzene rings is 1. The smallest absolute Gasteiger partial charge is 0.170 e. The summed E-state index contributed by atoms with van der Waals surface area (Å²) in [5.41, 5.74) is 1.06. The molecule has 1 aromatic rings. The van der Waals surface area contributed by atoms with Crippen molar-refractivity contribution in [3.8, 4) is 5.75 Å². The molecule has 0 saturated carbocycles. The summed E-state index contributed by atoms with van der Waals surface area (Å²) < 4.78 is 5.45.